The summed E-state index contributed by atoms with van der Waals surface area (Å²) in [6.45, 7) is 0.227. The Hall–Kier alpha value is -3.93. The number of halogens is 1. The van der Waals surface area contributed by atoms with Crippen molar-refractivity contribution in [1.29, 1.82) is 0 Å². The minimum Gasteiger partial charge on any atom is -0.449 e. The smallest absolute Gasteiger partial charge is 0.294 e. The molecule has 1 N–H and O–H groups in total. The van der Waals surface area contributed by atoms with Gasteiger partial charge in [0.1, 0.15) is 12.4 Å². The first-order valence-corrected chi connectivity index (χ1v) is 9.47. The van der Waals surface area contributed by atoms with Crippen LogP contribution in [0.4, 0.5) is 10.1 Å². The van der Waals surface area contributed by atoms with Gasteiger partial charge in [0.05, 0.1) is 5.69 Å². The van der Waals surface area contributed by atoms with Gasteiger partial charge in [-0.3, -0.25) is 14.5 Å². The van der Waals surface area contributed by atoms with E-state index in [2.05, 4.69) is 5.32 Å². The van der Waals surface area contributed by atoms with Gasteiger partial charge in [-0.15, -0.1) is 0 Å². The number of hydrogen-bond donors (Lipinski definition) is 1. The van der Waals surface area contributed by atoms with Crippen molar-refractivity contribution in [1.82, 2.24) is 5.32 Å². The molecule has 4 rings (SSSR count). The maximum atomic E-state index is 13.2. The molecule has 0 spiro atoms. The van der Waals surface area contributed by atoms with E-state index in [1.807, 2.05) is 30.3 Å². The molecular weight excluding hydrogens is 383 g/mol. The van der Waals surface area contributed by atoms with Crippen molar-refractivity contribution < 1.29 is 18.7 Å². The Labute approximate surface area is 173 Å². The largest absolute Gasteiger partial charge is 0.449 e. The minimum absolute atomic E-state index is 0.0659. The lowest BCUT2D eigenvalue weighted by Gasteiger charge is -2.30. The average molecular weight is 402 g/mol. The quantitative estimate of drug-likeness (QED) is 0.659. The van der Waals surface area contributed by atoms with Crippen LogP contribution in [0.3, 0.4) is 0 Å². The summed E-state index contributed by atoms with van der Waals surface area (Å²) in [5.41, 5.74) is 2.11. The molecule has 0 bridgehead atoms. The SMILES string of the molecule is O=C(CN1C(=O)C(=Cc2ccc(F)cc2)Oc2ccccc21)NCc1ccccc1. The number of fused-ring (bicyclic) bond motifs is 1. The fourth-order valence-corrected chi connectivity index (χ4v) is 3.13. The van der Waals surface area contributed by atoms with E-state index in [1.54, 1.807) is 36.4 Å². The lowest BCUT2D eigenvalue weighted by atomic mass is 10.1. The lowest BCUT2D eigenvalue weighted by molar-refractivity contribution is -0.123. The third-order valence-corrected chi connectivity index (χ3v) is 4.63. The first-order chi connectivity index (χ1) is 14.6. The molecule has 1 aliphatic rings. The molecule has 0 aromatic heterocycles. The van der Waals surface area contributed by atoms with Gasteiger partial charge in [0.2, 0.25) is 5.91 Å². The van der Waals surface area contributed by atoms with Gasteiger partial charge >= 0.3 is 0 Å². The second kappa shape index (κ2) is 8.61. The third-order valence-electron chi connectivity index (χ3n) is 4.63. The van der Waals surface area contributed by atoms with Crippen LogP contribution in [0.2, 0.25) is 0 Å². The Kier molecular flexibility index (Phi) is 5.57. The summed E-state index contributed by atoms with van der Waals surface area (Å²) >= 11 is 0. The van der Waals surface area contributed by atoms with Gasteiger partial charge in [-0.2, -0.15) is 0 Å². The van der Waals surface area contributed by atoms with Crippen LogP contribution in [0.5, 0.6) is 5.75 Å². The molecule has 3 aromatic rings. The molecule has 5 nitrogen and oxygen atoms in total. The molecule has 1 heterocycles. The molecule has 150 valence electrons. The first kappa shape index (κ1) is 19.4. The van der Waals surface area contributed by atoms with E-state index >= 15 is 0 Å². The number of nitrogens with zero attached hydrogens (tertiary/aromatic N) is 1. The molecule has 2 amide bonds. The summed E-state index contributed by atoms with van der Waals surface area (Å²) < 4.78 is 18.9. The molecule has 3 aromatic carbocycles. The number of para-hydroxylation sites is 2. The van der Waals surface area contributed by atoms with Crippen LogP contribution in [0.25, 0.3) is 6.08 Å². The van der Waals surface area contributed by atoms with Crippen LogP contribution < -0.4 is 15.0 Å². The van der Waals surface area contributed by atoms with Gasteiger partial charge < -0.3 is 10.1 Å². The van der Waals surface area contributed by atoms with Crippen LogP contribution >= 0.6 is 0 Å². The summed E-state index contributed by atoms with van der Waals surface area (Å²) in [5, 5.41) is 2.83. The topological polar surface area (TPSA) is 58.6 Å². The molecule has 0 radical (unpaired) electrons. The summed E-state index contributed by atoms with van der Waals surface area (Å²) in [6, 6.07) is 22.3. The maximum Gasteiger partial charge on any atom is 0.294 e. The van der Waals surface area contributed by atoms with Crippen LogP contribution in [0.15, 0.2) is 84.6 Å². The Morgan fingerprint density at radius 2 is 1.67 bits per heavy atom. The number of amides is 2. The van der Waals surface area contributed by atoms with Gasteiger partial charge in [-0.05, 0) is 41.5 Å². The summed E-state index contributed by atoms with van der Waals surface area (Å²) in [4.78, 5) is 27.0. The summed E-state index contributed by atoms with van der Waals surface area (Å²) in [7, 11) is 0. The lowest BCUT2D eigenvalue weighted by Crippen LogP contribution is -2.44. The monoisotopic (exact) mass is 402 g/mol. The Balaban J connectivity index is 1.55. The van der Waals surface area contributed by atoms with Gasteiger partial charge in [0, 0.05) is 6.54 Å². The fraction of sp³-hybridized carbons (Fsp3) is 0.0833. The fourth-order valence-electron chi connectivity index (χ4n) is 3.13. The van der Waals surface area contributed by atoms with E-state index < -0.39 is 5.91 Å². The summed E-state index contributed by atoms with van der Waals surface area (Å²) in [6.07, 6.45) is 1.53. The zero-order valence-corrected chi connectivity index (χ0v) is 16.0. The Morgan fingerprint density at radius 1 is 0.967 bits per heavy atom. The van der Waals surface area contributed by atoms with Gasteiger partial charge in [-0.1, -0.05) is 54.6 Å². The van der Waals surface area contributed by atoms with Crippen molar-refractivity contribution in [3.8, 4) is 5.75 Å². The van der Waals surface area contributed by atoms with Crippen LogP contribution in [-0.4, -0.2) is 18.4 Å². The third kappa shape index (κ3) is 4.38. The molecule has 1 aliphatic heterocycles. The zero-order valence-electron chi connectivity index (χ0n) is 16.0. The van der Waals surface area contributed by atoms with E-state index in [1.165, 1.54) is 23.1 Å². The first-order valence-electron chi connectivity index (χ1n) is 9.47. The minimum atomic E-state index is -0.437. The van der Waals surface area contributed by atoms with E-state index in [-0.39, 0.29) is 24.0 Å². The Bertz CT molecular complexity index is 1090. The molecule has 0 fully saturated rings. The predicted octanol–water partition coefficient (Wildman–Crippen LogP) is 3.91. The molecule has 0 aliphatic carbocycles. The normalized spacial score (nSPS) is 14.2. The zero-order chi connectivity index (χ0) is 20.9. The second-order valence-corrected chi connectivity index (χ2v) is 6.78. The standard InChI is InChI=1S/C24H19FN2O3/c25-19-12-10-17(11-13-19)14-22-24(29)27(20-8-4-5-9-21(20)30-22)16-23(28)26-15-18-6-2-1-3-7-18/h1-14H,15-16H2,(H,26,28). The molecule has 0 saturated carbocycles. The van der Waals surface area contributed by atoms with Gasteiger partial charge in [0.25, 0.3) is 5.91 Å². The number of benzene rings is 3. The number of rotatable bonds is 5. The predicted molar refractivity (Wildman–Crippen MR) is 112 cm³/mol. The van der Waals surface area contributed by atoms with Crippen LogP contribution in [-0.2, 0) is 16.1 Å². The highest BCUT2D eigenvalue weighted by atomic mass is 19.1. The number of anilines is 1. The Morgan fingerprint density at radius 3 is 2.43 bits per heavy atom. The van der Waals surface area contributed by atoms with Gasteiger partial charge in [0.15, 0.2) is 11.5 Å². The molecule has 30 heavy (non-hydrogen) atoms. The molecular formula is C24H19FN2O3. The summed E-state index contributed by atoms with van der Waals surface area (Å²) in [5.74, 6) is -0.550. The molecule has 0 atom stereocenters. The highest BCUT2D eigenvalue weighted by molar-refractivity contribution is 6.12. The highest BCUT2D eigenvalue weighted by Crippen LogP contribution is 2.35. The number of nitrogens with one attached hydrogen (secondary N) is 1. The van der Waals surface area contributed by atoms with Crippen molar-refractivity contribution in [2.24, 2.45) is 0 Å². The maximum absolute atomic E-state index is 13.2. The van der Waals surface area contributed by atoms with Crippen molar-refractivity contribution in [3.05, 3.63) is 102 Å². The number of ether oxygens (including phenoxy) is 1. The molecule has 0 saturated heterocycles. The van der Waals surface area contributed by atoms with Crippen LogP contribution in [0.1, 0.15) is 11.1 Å². The van der Waals surface area contributed by atoms with E-state index in [0.29, 0.717) is 23.5 Å². The van der Waals surface area contributed by atoms with E-state index in [9.17, 15) is 14.0 Å². The number of hydrogen-bond acceptors (Lipinski definition) is 3. The van der Waals surface area contributed by atoms with E-state index in [4.69, 9.17) is 4.74 Å². The van der Waals surface area contributed by atoms with Crippen molar-refractivity contribution >= 4 is 23.6 Å². The number of carbonyl (C=O) groups excluding carboxylic acids is 2. The van der Waals surface area contributed by atoms with Gasteiger partial charge in [-0.25, -0.2) is 4.39 Å². The highest BCUT2D eigenvalue weighted by Gasteiger charge is 2.31. The molecule has 0 unspecified atom stereocenters. The van der Waals surface area contributed by atoms with Crippen molar-refractivity contribution in [2.45, 2.75) is 6.54 Å². The van der Waals surface area contributed by atoms with Crippen molar-refractivity contribution in [2.75, 3.05) is 11.4 Å². The average Bonchev–Trinajstić information content (AvgIpc) is 2.77. The van der Waals surface area contributed by atoms with Crippen LogP contribution in [0, 0.1) is 5.82 Å². The second-order valence-electron chi connectivity index (χ2n) is 6.78. The molecule has 6 heteroatoms. The number of carbonyl (C=O) groups is 2. The van der Waals surface area contributed by atoms with E-state index in [0.717, 1.165) is 5.56 Å². The van der Waals surface area contributed by atoms with Crippen molar-refractivity contribution in [3.63, 3.8) is 0 Å².